The van der Waals surface area contributed by atoms with Crippen molar-refractivity contribution in [2.45, 2.75) is 38.5 Å². The number of thiol groups is 1. The van der Waals surface area contributed by atoms with Crippen molar-refractivity contribution in [3.63, 3.8) is 0 Å². The van der Waals surface area contributed by atoms with Gasteiger partial charge in [-0.3, -0.25) is 0 Å². The topological polar surface area (TPSA) is 9.23 Å². The van der Waals surface area contributed by atoms with Crippen LogP contribution in [0.2, 0.25) is 0 Å². The van der Waals surface area contributed by atoms with Gasteiger partial charge in [-0.25, -0.2) is 0 Å². The fraction of sp³-hybridized carbons (Fsp3) is 0.625. The number of unbranched alkanes of at least 4 members (excludes halogenated alkanes) is 1. The minimum atomic E-state index is 0. The minimum Gasteiger partial charge on any atom is -1.00 e. The van der Waals surface area contributed by atoms with Gasteiger partial charge >= 0.3 is 0 Å². The van der Waals surface area contributed by atoms with E-state index in [4.69, 9.17) is 4.74 Å². The maximum absolute atomic E-state index is 5.74. The molecule has 4 heteroatoms. The fourth-order valence-corrected chi connectivity index (χ4v) is 2.58. The number of halogens is 1. The number of hydrogen-bond acceptors (Lipinski definition) is 2. The minimum absolute atomic E-state index is 0. The predicted molar refractivity (Wildman–Crippen MR) is 85.2 cm³/mol. The Balaban J connectivity index is 0.00000361. The third-order valence-corrected chi connectivity index (χ3v) is 4.44. The van der Waals surface area contributed by atoms with Crippen molar-refractivity contribution in [3.05, 3.63) is 24.3 Å². The molecule has 0 saturated carbocycles. The second kappa shape index (κ2) is 10.5. The van der Waals surface area contributed by atoms with Crippen LogP contribution < -0.4 is 21.7 Å². The number of ether oxygens (including phenoxy) is 1. The molecule has 0 amide bonds. The van der Waals surface area contributed by atoms with Gasteiger partial charge < -0.3 is 26.2 Å². The first-order valence-electron chi connectivity index (χ1n) is 7.42. The molecule has 116 valence electrons. The summed E-state index contributed by atoms with van der Waals surface area (Å²) in [6.45, 7) is 12.7. The lowest BCUT2D eigenvalue weighted by molar-refractivity contribution is -0.923. The third kappa shape index (κ3) is 6.51. The van der Waals surface area contributed by atoms with Crippen LogP contribution in [-0.2, 0) is 0 Å². The summed E-state index contributed by atoms with van der Waals surface area (Å²) >= 11 is 4.26. The summed E-state index contributed by atoms with van der Waals surface area (Å²) in [6.07, 6.45) is 2.36. The van der Waals surface area contributed by atoms with Gasteiger partial charge in [0.2, 0.25) is 0 Å². The summed E-state index contributed by atoms with van der Waals surface area (Å²) < 4.78 is 6.97. The Kier molecular flexibility index (Phi) is 10.4. The summed E-state index contributed by atoms with van der Waals surface area (Å²) in [5, 5.41) is 0. The van der Waals surface area contributed by atoms with E-state index in [2.05, 4.69) is 33.4 Å². The standard InChI is InChI=1S/C16H27NOS.BrH/c1-4-17(5-2,6-3)13-7-8-14-18-15-9-11-16(19)12-10-15;/h9-12H,4-8,13-14H2,1-3H3;1H. The maximum Gasteiger partial charge on any atom is 0.119 e. The molecule has 1 rings (SSSR count). The summed E-state index contributed by atoms with van der Waals surface area (Å²) in [5.74, 6) is 0.944. The van der Waals surface area contributed by atoms with Gasteiger partial charge in [-0.1, -0.05) is 0 Å². The zero-order valence-corrected chi connectivity index (χ0v) is 15.4. The fourth-order valence-electron chi connectivity index (χ4n) is 2.43. The molecular weight excluding hydrogens is 334 g/mol. The lowest BCUT2D eigenvalue weighted by atomic mass is 10.2. The van der Waals surface area contributed by atoms with Crippen LogP contribution in [0.15, 0.2) is 29.2 Å². The highest BCUT2D eigenvalue weighted by molar-refractivity contribution is 7.80. The van der Waals surface area contributed by atoms with Crippen molar-refractivity contribution >= 4 is 12.6 Å². The van der Waals surface area contributed by atoms with Crippen molar-refractivity contribution < 1.29 is 26.2 Å². The van der Waals surface area contributed by atoms with Gasteiger partial charge in [0.1, 0.15) is 5.75 Å². The average molecular weight is 362 g/mol. The second-order valence-corrected chi connectivity index (χ2v) is 5.58. The van der Waals surface area contributed by atoms with Crippen molar-refractivity contribution in [1.29, 1.82) is 0 Å². The predicted octanol–water partition coefficient (Wildman–Crippen LogP) is 1.01. The molecule has 0 aromatic heterocycles. The van der Waals surface area contributed by atoms with Gasteiger partial charge in [-0.2, -0.15) is 0 Å². The molecule has 0 bridgehead atoms. The Hall–Kier alpha value is -0.190. The molecule has 0 aliphatic carbocycles. The number of benzene rings is 1. The highest BCUT2D eigenvalue weighted by Gasteiger charge is 2.19. The molecule has 0 spiro atoms. The number of quaternary nitrogens is 1. The number of rotatable bonds is 9. The molecule has 0 fully saturated rings. The Morgan fingerprint density at radius 3 is 2.00 bits per heavy atom. The van der Waals surface area contributed by atoms with E-state index in [0.29, 0.717) is 0 Å². The van der Waals surface area contributed by atoms with Crippen LogP contribution in [0.25, 0.3) is 0 Å². The molecule has 0 atom stereocenters. The Morgan fingerprint density at radius 1 is 0.950 bits per heavy atom. The van der Waals surface area contributed by atoms with E-state index >= 15 is 0 Å². The smallest absolute Gasteiger partial charge is 0.119 e. The molecule has 0 saturated heterocycles. The molecule has 0 heterocycles. The molecule has 0 aliphatic rings. The quantitative estimate of drug-likeness (QED) is 0.392. The molecule has 1 aromatic rings. The van der Waals surface area contributed by atoms with E-state index in [9.17, 15) is 0 Å². The molecule has 0 radical (unpaired) electrons. The number of hydrogen-bond donors (Lipinski definition) is 1. The molecule has 2 nitrogen and oxygen atoms in total. The Labute approximate surface area is 140 Å². The summed E-state index contributed by atoms with van der Waals surface area (Å²) in [5.41, 5.74) is 0. The first-order chi connectivity index (χ1) is 9.15. The lowest BCUT2D eigenvalue weighted by Crippen LogP contribution is -3.00. The van der Waals surface area contributed by atoms with Crippen LogP contribution in [-0.4, -0.2) is 37.3 Å². The van der Waals surface area contributed by atoms with Gasteiger partial charge in [0.25, 0.3) is 0 Å². The first kappa shape index (κ1) is 19.8. The van der Waals surface area contributed by atoms with Crippen molar-refractivity contribution in [1.82, 2.24) is 0 Å². The molecule has 0 N–H and O–H groups in total. The highest BCUT2D eigenvalue weighted by atomic mass is 79.9. The summed E-state index contributed by atoms with van der Waals surface area (Å²) in [7, 11) is 0. The van der Waals surface area contributed by atoms with Crippen LogP contribution in [0.3, 0.4) is 0 Å². The molecule has 1 aromatic carbocycles. The van der Waals surface area contributed by atoms with Crippen LogP contribution in [0.1, 0.15) is 33.6 Å². The largest absolute Gasteiger partial charge is 1.00 e. The monoisotopic (exact) mass is 361 g/mol. The van der Waals surface area contributed by atoms with E-state index in [1.165, 1.54) is 37.1 Å². The highest BCUT2D eigenvalue weighted by Crippen LogP contribution is 2.15. The first-order valence-corrected chi connectivity index (χ1v) is 7.87. The van der Waals surface area contributed by atoms with E-state index in [0.717, 1.165) is 23.7 Å². The van der Waals surface area contributed by atoms with Gasteiger partial charge in [0.15, 0.2) is 0 Å². The van der Waals surface area contributed by atoms with Gasteiger partial charge in [-0.05, 0) is 57.9 Å². The van der Waals surface area contributed by atoms with Crippen molar-refractivity contribution in [2.75, 3.05) is 32.8 Å². The third-order valence-electron chi connectivity index (χ3n) is 4.14. The second-order valence-electron chi connectivity index (χ2n) is 5.06. The van der Waals surface area contributed by atoms with Crippen LogP contribution >= 0.6 is 12.6 Å². The lowest BCUT2D eigenvalue weighted by Gasteiger charge is -2.35. The van der Waals surface area contributed by atoms with E-state index in [-0.39, 0.29) is 17.0 Å². The molecular formula is C16H28BrNOS. The average Bonchev–Trinajstić information content (AvgIpc) is 2.45. The molecule has 20 heavy (non-hydrogen) atoms. The zero-order chi connectivity index (χ0) is 14.1. The van der Waals surface area contributed by atoms with Crippen molar-refractivity contribution in [3.8, 4) is 5.75 Å². The Morgan fingerprint density at radius 2 is 1.50 bits per heavy atom. The maximum atomic E-state index is 5.74. The normalized spacial score (nSPS) is 11.0. The van der Waals surface area contributed by atoms with Crippen molar-refractivity contribution in [2.24, 2.45) is 0 Å². The van der Waals surface area contributed by atoms with Gasteiger partial charge in [-0.15, -0.1) is 12.6 Å². The molecule has 0 aliphatic heterocycles. The van der Waals surface area contributed by atoms with Gasteiger partial charge in [0, 0.05) is 4.90 Å². The van der Waals surface area contributed by atoms with E-state index in [1.54, 1.807) is 0 Å². The van der Waals surface area contributed by atoms with Crippen LogP contribution in [0, 0.1) is 0 Å². The number of nitrogens with zero attached hydrogens (tertiary/aromatic N) is 1. The molecule has 0 unspecified atom stereocenters. The van der Waals surface area contributed by atoms with Crippen LogP contribution in [0.4, 0.5) is 0 Å². The summed E-state index contributed by atoms with van der Waals surface area (Å²) in [6, 6.07) is 7.89. The summed E-state index contributed by atoms with van der Waals surface area (Å²) in [4.78, 5) is 0.975. The van der Waals surface area contributed by atoms with E-state index in [1.807, 2.05) is 24.3 Å². The van der Waals surface area contributed by atoms with Gasteiger partial charge in [0.05, 0.1) is 32.8 Å². The van der Waals surface area contributed by atoms with Crippen LogP contribution in [0.5, 0.6) is 5.75 Å². The zero-order valence-electron chi connectivity index (χ0n) is 12.9. The SMILES string of the molecule is CC[N+](CC)(CC)CCCCOc1ccc(S)cc1.[Br-]. The van der Waals surface area contributed by atoms with E-state index < -0.39 is 0 Å². The Bertz CT molecular complexity index is 344.